The van der Waals surface area contributed by atoms with Crippen LogP contribution >= 0.6 is 11.8 Å². The second-order valence-corrected chi connectivity index (χ2v) is 6.62. The molecule has 5 heteroatoms. The number of aromatic amines is 1. The van der Waals surface area contributed by atoms with Gasteiger partial charge in [0.2, 0.25) is 0 Å². The Bertz CT molecular complexity index is 676. The average Bonchev–Trinajstić information content (AvgIpc) is 2.79. The molecule has 4 nitrogen and oxygen atoms in total. The maximum atomic E-state index is 10.7. The molecule has 1 aliphatic carbocycles. The van der Waals surface area contributed by atoms with E-state index in [0.29, 0.717) is 5.16 Å². The van der Waals surface area contributed by atoms with Crippen LogP contribution in [0.1, 0.15) is 25.1 Å². The van der Waals surface area contributed by atoms with E-state index in [9.17, 15) is 4.79 Å². The molecule has 0 fully saturated rings. The Morgan fingerprint density at radius 3 is 2.95 bits per heavy atom. The van der Waals surface area contributed by atoms with Gasteiger partial charge in [-0.3, -0.25) is 4.79 Å². The first-order chi connectivity index (χ1) is 9.47. The molecule has 0 amide bonds. The first-order valence-corrected chi connectivity index (χ1v) is 7.49. The van der Waals surface area contributed by atoms with Crippen molar-refractivity contribution in [1.29, 1.82) is 0 Å². The largest absolute Gasteiger partial charge is 0.481 e. The minimum Gasteiger partial charge on any atom is -0.481 e. The van der Waals surface area contributed by atoms with Crippen molar-refractivity contribution in [3.63, 3.8) is 0 Å². The molecule has 0 aliphatic heterocycles. The van der Waals surface area contributed by atoms with Gasteiger partial charge in [0.1, 0.15) is 0 Å². The van der Waals surface area contributed by atoms with Gasteiger partial charge in [0, 0.05) is 11.3 Å². The molecule has 104 valence electrons. The predicted molar refractivity (Wildman–Crippen MR) is 79.1 cm³/mol. The molecular weight excluding hydrogens is 272 g/mol. The van der Waals surface area contributed by atoms with Gasteiger partial charge in [0.15, 0.2) is 5.16 Å². The number of H-pyrrole nitrogens is 1. The van der Waals surface area contributed by atoms with Gasteiger partial charge < -0.3 is 10.1 Å². The fourth-order valence-corrected chi connectivity index (χ4v) is 3.36. The third-order valence-electron chi connectivity index (χ3n) is 3.62. The number of thioether (sulfide) groups is 1. The van der Waals surface area contributed by atoms with Gasteiger partial charge in [-0.15, -0.1) is 0 Å². The van der Waals surface area contributed by atoms with Crippen molar-refractivity contribution in [2.24, 2.45) is 0 Å². The van der Waals surface area contributed by atoms with Crippen LogP contribution in [0.25, 0.3) is 11.3 Å². The Hall–Kier alpha value is -1.75. The zero-order valence-electron chi connectivity index (χ0n) is 11.4. The quantitative estimate of drug-likeness (QED) is 0.852. The number of fused-ring (bicyclic) bond motifs is 3. The van der Waals surface area contributed by atoms with Crippen LogP contribution < -0.4 is 0 Å². The van der Waals surface area contributed by atoms with E-state index in [4.69, 9.17) is 5.11 Å². The summed E-state index contributed by atoms with van der Waals surface area (Å²) >= 11 is 1.23. The normalized spacial score (nSPS) is 15.5. The van der Waals surface area contributed by atoms with E-state index in [1.165, 1.54) is 17.3 Å². The number of aliphatic carboxylic acids is 1. The summed E-state index contributed by atoms with van der Waals surface area (Å²) in [4.78, 5) is 18.5. The number of imidazole rings is 1. The summed E-state index contributed by atoms with van der Waals surface area (Å²) in [7, 11) is 0. The number of carboxylic acids is 1. The van der Waals surface area contributed by atoms with Crippen molar-refractivity contribution >= 4 is 17.7 Å². The molecule has 20 heavy (non-hydrogen) atoms. The van der Waals surface area contributed by atoms with Crippen LogP contribution in [-0.4, -0.2) is 26.8 Å². The predicted octanol–water partition coefficient (Wildman–Crippen LogP) is 3.09. The Labute approximate surface area is 121 Å². The van der Waals surface area contributed by atoms with Crippen LogP contribution in [-0.2, 0) is 16.6 Å². The fraction of sp³-hybridized carbons (Fsp3) is 0.333. The Kier molecular flexibility index (Phi) is 3.09. The van der Waals surface area contributed by atoms with Crippen LogP contribution in [0.3, 0.4) is 0 Å². The van der Waals surface area contributed by atoms with Gasteiger partial charge >= 0.3 is 5.97 Å². The minimum atomic E-state index is -0.829. The van der Waals surface area contributed by atoms with Gasteiger partial charge in [-0.1, -0.05) is 49.9 Å². The number of carbonyl (C=O) groups is 1. The van der Waals surface area contributed by atoms with Gasteiger partial charge in [0.25, 0.3) is 0 Å². The summed E-state index contributed by atoms with van der Waals surface area (Å²) in [5.41, 5.74) is 4.57. The van der Waals surface area contributed by atoms with Gasteiger partial charge in [-0.25, -0.2) is 4.98 Å². The van der Waals surface area contributed by atoms with E-state index in [-0.39, 0.29) is 11.2 Å². The monoisotopic (exact) mass is 288 g/mol. The van der Waals surface area contributed by atoms with Crippen LogP contribution in [0.5, 0.6) is 0 Å². The number of benzene rings is 1. The fourth-order valence-electron chi connectivity index (χ4n) is 2.75. The highest BCUT2D eigenvalue weighted by Crippen LogP contribution is 2.42. The van der Waals surface area contributed by atoms with Crippen molar-refractivity contribution in [2.75, 3.05) is 5.75 Å². The summed E-state index contributed by atoms with van der Waals surface area (Å²) in [6.45, 7) is 4.44. The molecule has 0 bridgehead atoms. The molecule has 0 spiro atoms. The smallest absolute Gasteiger partial charge is 0.313 e. The lowest BCUT2D eigenvalue weighted by atomic mass is 9.73. The third-order valence-corrected chi connectivity index (χ3v) is 4.48. The van der Waals surface area contributed by atoms with E-state index < -0.39 is 5.97 Å². The SMILES string of the molecule is CC1(C)Cc2[nH]c(SCC(=O)O)nc2-c2ccccc21. The number of nitrogens with one attached hydrogen (secondary N) is 1. The number of hydrogen-bond acceptors (Lipinski definition) is 3. The van der Waals surface area contributed by atoms with E-state index in [0.717, 1.165) is 23.4 Å². The molecule has 2 N–H and O–H groups in total. The molecule has 1 heterocycles. The van der Waals surface area contributed by atoms with Crippen LogP contribution in [0.4, 0.5) is 0 Å². The molecule has 2 aromatic rings. The molecule has 0 saturated heterocycles. The first kappa shape index (κ1) is 13.2. The highest BCUT2D eigenvalue weighted by molar-refractivity contribution is 7.99. The first-order valence-electron chi connectivity index (χ1n) is 6.51. The second kappa shape index (κ2) is 4.66. The lowest BCUT2D eigenvalue weighted by molar-refractivity contribution is -0.133. The van der Waals surface area contributed by atoms with Gasteiger partial charge in [-0.2, -0.15) is 0 Å². The number of rotatable bonds is 3. The van der Waals surface area contributed by atoms with Crippen molar-refractivity contribution in [3.05, 3.63) is 35.5 Å². The number of aromatic nitrogens is 2. The van der Waals surface area contributed by atoms with Crippen LogP contribution in [0.2, 0.25) is 0 Å². The lowest BCUT2D eigenvalue weighted by Crippen LogP contribution is -2.25. The molecule has 1 aromatic carbocycles. The van der Waals surface area contributed by atoms with Crippen molar-refractivity contribution in [1.82, 2.24) is 9.97 Å². The summed E-state index contributed by atoms with van der Waals surface area (Å²) in [6.07, 6.45) is 0.889. The van der Waals surface area contributed by atoms with Crippen molar-refractivity contribution in [3.8, 4) is 11.3 Å². The maximum absolute atomic E-state index is 10.7. The number of hydrogen-bond donors (Lipinski definition) is 2. The number of nitrogens with zero attached hydrogens (tertiary/aromatic N) is 1. The van der Waals surface area contributed by atoms with Gasteiger partial charge in [-0.05, 0) is 17.4 Å². The summed E-state index contributed by atoms with van der Waals surface area (Å²) in [6, 6.07) is 8.31. The molecule has 3 rings (SSSR count). The summed E-state index contributed by atoms with van der Waals surface area (Å²) in [5, 5.41) is 9.44. The van der Waals surface area contributed by atoms with E-state index in [1.807, 2.05) is 6.07 Å². The average molecular weight is 288 g/mol. The standard InChI is InChI=1S/C15H16N2O2S/c1-15(2)7-11-13(9-5-3-4-6-10(9)15)17-14(16-11)20-8-12(18)19/h3-6H,7-8H2,1-2H3,(H,16,17)(H,18,19). The molecule has 1 aromatic heterocycles. The van der Waals surface area contributed by atoms with E-state index in [2.05, 4.69) is 42.0 Å². The van der Waals surface area contributed by atoms with E-state index >= 15 is 0 Å². The van der Waals surface area contributed by atoms with Crippen LogP contribution in [0.15, 0.2) is 29.4 Å². The Morgan fingerprint density at radius 2 is 2.20 bits per heavy atom. The zero-order valence-corrected chi connectivity index (χ0v) is 12.3. The molecule has 0 atom stereocenters. The Morgan fingerprint density at radius 1 is 1.45 bits per heavy atom. The molecule has 0 unspecified atom stereocenters. The van der Waals surface area contributed by atoms with E-state index in [1.54, 1.807) is 0 Å². The Balaban J connectivity index is 2.03. The molecule has 0 saturated carbocycles. The van der Waals surface area contributed by atoms with Crippen molar-refractivity contribution < 1.29 is 9.90 Å². The molecular formula is C15H16N2O2S. The second-order valence-electron chi connectivity index (χ2n) is 5.66. The van der Waals surface area contributed by atoms with Crippen molar-refractivity contribution in [2.45, 2.75) is 30.8 Å². The summed E-state index contributed by atoms with van der Waals surface area (Å²) in [5.74, 6) is -0.803. The molecule has 0 radical (unpaired) electrons. The minimum absolute atomic E-state index is 0.0252. The van der Waals surface area contributed by atoms with Crippen LogP contribution in [0, 0.1) is 0 Å². The molecule has 1 aliphatic rings. The third kappa shape index (κ3) is 2.22. The maximum Gasteiger partial charge on any atom is 0.313 e. The number of carboxylic acid groups (broad SMARTS) is 1. The highest BCUT2D eigenvalue weighted by Gasteiger charge is 2.32. The zero-order chi connectivity index (χ0) is 14.3. The summed E-state index contributed by atoms with van der Waals surface area (Å²) < 4.78 is 0. The lowest BCUT2D eigenvalue weighted by Gasteiger charge is -2.31. The topological polar surface area (TPSA) is 66.0 Å². The van der Waals surface area contributed by atoms with Gasteiger partial charge in [0.05, 0.1) is 11.4 Å². The highest BCUT2D eigenvalue weighted by atomic mass is 32.2.